The number of rotatable bonds is 1. The zero-order valence-corrected chi connectivity index (χ0v) is 8.29. The summed E-state index contributed by atoms with van der Waals surface area (Å²) in [5.74, 6) is -1.61. The first-order valence-electron chi connectivity index (χ1n) is 4.89. The molecule has 2 heteroatoms. The van der Waals surface area contributed by atoms with Crippen molar-refractivity contribution in [3.8, 4) is 0 Å². The zero-order chi connectivity index (χ0) is 11.0. The van der Waals surface area contributed by atoms with Crippen LogP contribution in [0.15, 0.2) is 23.8 Å². The number of carboxylic acid groups (broad SMARTS) is 1. The first-order chi connectivity index (χ1) is 6.26. The van der Waals surface area contributed by atoms with Crippen molar-refractivity contribution < 1.29 is 11.3 Å². The van der Waals surface area contributed by atoms with E-state index in [0.717, 1.165) is 0 Å². The van der Waals surface area contributed by atoms with Crippen LogP contribution in [0.1, 0.15) is 28.6 Å². The van der Waals surface area contributed by atoms with Gasteiger partial charge >= 0.3 is 5.97 Å². The Hall–Kier alpha value is -1.05. The second-order valence-corrected chi connectivity index (χ2v) is 4.28. The summed E-state index contributed by atoms with van der Waals surface area (Å²) < 4.78 is 8.18. The summed E-state index contributed by atoms with van der Waals surface area (Å²) in [6.07, 6.45) is 5.32. The Labute approximate surface area is 80.4 Å². The molecule has 0 aliphatic heterocycles. The molecule has 1 aliphatic carbocycles. The van der Waals surface area contributed by atoms with E-state index in [0.29, 0.717) is 6.42 Å². The van der Waals surface area contributed by atoms with Gasteiger partial charge in [0.15, 0.2) is 0 Å². The first kappa shape index (κ1) is 8.54. The van der Waals surface area contributed by atoms with Gasteiger partial charge in [0.1, 0.15) is 0 Å². The van der Waals surface area contributed by atoms with Gasteiger partial charge in [-0.2, -0.15) is 0 Å². The lowest BCUT2D eigenvalue weighted by Gasteiger charge is -2.28. The van der Waals surface area contributed by atoms with Gasteiger partial charge in [-0.1, -0.05) is 39.0 Å². The van der Waals surface area contributed by atoms with Crippen molar-refractivity contribution in [2.75, 3.05) is 0 Å². The monoisotopic (exact) mass is 181 g/mol. The third-order valence-electron chi connectivity index (χ3n) is 2.22. The SMILES string of the molecule is [2H]C1(C(C)(C)C)C=CC(C(=O)O)=CC1. The fourth-order valence-electron chi connectivity index (χ4n) is 1.26. The molecule has 0 heterocycles. The Kier molecular flexibility index (Phi) is 2.21. The Morgan fingerprint density at radius 2 is 2.31 bits per heavy atom. The Morgan fingerprint density at radius 1 is 1.69 bits per heavy atom. The van der Waals surface area contributed by atoms with Crippen molar-refractivity contribution in [2.45, 2.75) is 27.2 Å². The summed E-state index contributed by atoms with van der Waals surface area (Å²) >= 11 is 0. The van der Waals surface area contributed by atoms with Gasteiger partial charge in [0, 0.05) is 1.37 Å². The summed E-state index contributed by atoms with van der Waals surface area (Å²) in [6, 6.07) is 0. The molecular formula is C11H16O2. The van der Waals surface area contributed by atoms with Crippen molar-refractivity contribution in [3.63, 3.8) is 0 Å². The lowest BCUT2D eigenvalue weighted by molar-refractivity contribution is -0.132. The predicted octanol–water partition coefficient (Wildman–Crippen LogP) is 2.62. The number of aliphatic carboxylic acids is 1. The van der Waals surface area contributed by atoms with Crippen LogP contribution in [0.25, 0.3) is 0 Å². The molecule has 1 atom stereocenters. The topological polar surface area (TPSA) is 37.3 Å². The predicted molar refractivity (Wildman–Crippen MR) is 52.4 cm³/mol. The van der Waals surface area contributed by atoms with Crippen LogP contribution < -0.4 is 0 Å². The second-order valence-electron chi connectivity index (χ2n) is 4.28. The Balaban J connectivity index is 2.88. The molecule has 72 valence electrons. The van der Waals surface area contributed by atoms with Gasteiger partial charge in [0.05, 0.1) is 5.57 Å². The zero-order valence-electron chi connectivity index (χ0n) is 9.29. The van der Waals surface area contributed by atoms with Crippen LogP contribution in [0.5, 0.6) is 0 Å². The van der Waals surface area contributed by atoms with Crippen LogP contribution in [0.4, 0.5) is 0 Å². The van der Waals surface area contributed by atoms with Crippen LogP contribution in [0.3, 0.4) is 0 Å². The number of hydrogen-bond donors (Lipinski definition) is 1. The molecule has 1 N–H and O–H groups in total. The maximum absolute atomic E-state index is 10.6. The maximum Gasteiger partial charge on any atom is 0.335 e. The van der Waals surface area contributed by atoms with Crippen LogP contribution in [-0.2, 0) is 4.79 Å². The second kappa shape index (κ2) is 3.36. The van der Waals surface area contributed by atoms with Gasteiger partial charge in [-0.3, -0.25) is 0 Å². The minimum absolute atomic E-state index is 0.177. The Morgan fingerprint density at radius 3 is 2.62 bits per heavy atom. The van der Waals surface area contributed by atoms with Gasteiger partial charge in [-0.15, -0.1) is 0 Å². The highest BCUT2D eigenvalue weighted by molar-refractivity contribution is 5.90. The quantitative estimate of drug-likeness (QED) is 0.675. The standard InChI is InChI=1S/C11H16O2/c1-11(2,3)9-6-4-8(5-7-9)10(12)13/h4-6,9H,7H2,1-3H3,(H,12,13)/i9D. The molecule has 0 saturated heterocycles. The molecule has 0 bridgehead atoms. The third kappa shape index (κ3) is 2.44. The lowest BCUT2D eigenvalue weighted by atomic mass is 9.76. The first-order valence-corrected chi connectivity index (χ1v) is 4.39. The summed E-state index contributed by atoms with van der Waals surface area (Å²) in [5, 5.41) is 8.73. The van der Waals surface area contributed by atoms with E-state index in [-0.39, 0.29) is 11.0 Å². The molecule has 0 amide bonds. The molecule has 1 rings (SSSR count). The van der Waals surface area contributed by atoms with E-state index in [1.54, 1.807) is 12.2 Å². The Bertz CT molecular complexity index is 310. The van der Waals surface area contributed by atoms with Crippen LogP contribution in [0, 0.1) is 11.3 Å². The van der Waals surface area contributed by atoms with E-state index in [1.807, 2.05) is 20.8 Å². The summed E-state index contributed by atoms with van der Waals surface area (Å²) in [5.41, 5.74) is 0.112. The van der Waals surface area contributed by atoms with Gasteiger partial charge in [-0.05, 0) is 17.7 Å². The van der Waals surface area contributed by atoms with Crippen LogP contribution in [-0.4, -0.2) is 11.1 Å². The number of carboxylic acids is 1. The van der Waals surface area contributed by atoms with Crippen molar-refractivity contribution in [1.82, 2.24) is 0 Å². The summed E-state index contributed by atoms with van der Waals surface area (Å²) in [4.78, 5) is 10.6. The van der Waals surface area contributed by atoms with Crippen molar-refractivity contribution >= 4 is 5.97 Å². The fourth-order valence-corrected chi connectivity index (χ4v) is 1.26. The third-order valence-corrected chi connectivity index (χ3v) is 2.22. The average molecular weight is 181 g/mol. The lowest BCUT2D eigenvalue weighted by Crippen LogP contribution is -2.20. The number of hydrogen-bond acceptors (Lipinski definition) is 1. The van der Waals surface area contributed by atoms with E-state index in [9.17, 15) is 4.79 Å². The smallest absolute Gasteiger partial charge is 0.335 e. The summed E-state index contributed by atoms with van der Waals surface area (Å²) in [6.45, 7) is 5.97. The molecule has 0 fully saturated rings. The van der Waals surface area contributed by atoms with E-state index in [4.69, 9.17) is 6.48 Å². The van der Waals surface area contributed by atoms with E-state index in [1.165, 1.54) is 6.08 Å². The molecule has 1 unspecified atom stereocenters. The molecule has 0 spiro atoms. The van der Waals surface area contributed by atoms with Crippen molar-refractivity contribution in [3.05, 3.63) is 23.8 Å². The molecule has 0 aromatic carbocycles. The minimum Gasteiger partial charge on any atom is -0.478 e. The number of carbonyl (C=O) groups is 1. The summed E-state index contributed by atoms with van der Waals surface area (Å²) in [7, 11) is 0. The molecule has 0 saturated carbocycles. The van der Waals surface area contributed by atoms with Crippen molar-refractivity contribution in [1.29, 1.82) is 0 Å². The van der Waals surface area contributed by atoms with E-state index < -0.39 is 11.9 Å². The van der Waals surface area contributed by atoms with Gasteiger partial charge in [0.25, 0.3) is 0 Å². The largest absolute Gasteiger partial charge is 0.478 e. The average Bonchev–Trinajstić information content (AvgIpc) is 2.03. The van der Waals surface area contributed by atoms with E-state index >= 15 is 0 Å². The molecule has 13 heavy (non-hydrogen) atoms. The number of allylic oxidation sites excluding steroid dienone is 2. The highest BCUT2D eigenvalue weighted by atomic mass is 16.4. The highest BCUT2D eigenvalue weighted by Crippen LogP contribution is 2.32. The minimum atomic E-state index is -0.919. The normalized spacial score (nSPS) is 29.5. The van der Waals surface area contributed by atoms with Gasteiger partial charge in [0.2, 0.25) is 0 Å². The van der Waals surface area contributed by atoms with Crippen LogP contribution in [0.2, 0.25) is 0 Å². The van der Waals surface area contributed by atoms with Gasteiger partial charge in [-0.25, -0.2) is 4.79 Å². The highest BCUT2D eigenvalue weighted by Gasteiger charge is 2.23. The maximum atomic E-state index is 10.6. The molecular weight excluding hydrogens is 164 g/mol. The van der Waals surface area contributed by atoms with Gasteiger partial charge < -0.3 is 5.11 Å². The molecule has 2 nitrogen and oxygen atoms in total. The van der Waals surface area contributed by atoms with E-state index in [2.05, 4.69) is 0 Å². The molecule has 0 radical (unpaired) electrons. The molecule has 1 aliphatic rings. The van der Waals surface area contributed by atoms with Crippen molar-refractivity contribution in [2.24, 2.45) is 11.3 Å². The van der Waals surface area contributed by atoms with Crippen LogP contribution >= 0.6 is 0 Å². The fraction of sp³-hybridized carbons (Fsp3) is 0.545. The molecule has 0 aromatic rings. The molecule has 0 aromatic heterocycles.